The van der Waals surface area contributed by atoms with Crippen molar-refractivity contribution in [2.45, 2.75) is 39.0 Å². The fourth-order valence-corrected chi connectivity index (χ4v) is 4.53. The molecule has 2 N–H and O–H groups in total. The highest BCUT2D eigenvalue weighted by Gasteiger charge is 2.24. The second-order valence-electron chi connectivity index (χ2n) is 8.87. The Morgan fingerprint density at radius 1 is 1.12 bits per heavy atom. The third-order valence-electron chi connectivity index (χ3n) is 6.32. The molecule has 2 amide bonds. The number of nitrogens with one attached hydrogen (secondary N) is 2. The first-order valence-electron chi connectivity index (χ1n) is 11.7. The Morgan fingerprint density at radius 3 is 2.82 bits per heavy atom. The van der Waals surface area contributed by atoms with Gasteiger partial charge in [0.2, 0.25) is 0 Å². The summed E-state index contributed by atoms with van der Waals surface area (Å²) in [6.45, 7) is 3.54. The smallest absolute Gasteiger partial charge is 0.308 e. The van der Waals surface area contributed by atoms with Crippen molar-refractivity contribution < 1.29 is 9.18 Å². The molecule has 0 aromatic heterocycles. The Kier molecular flexibility index (Phi) is 6.25. The van der Waals surface area contributed by atoms with Crippen LogP contribution in [0.4, 0.5) is 14.9 Å². The molecule has 0 spiro atoms. The second kappa shape index (κ2) is 9.63. The zero-order chi connectivity index (χ0) is 23.5. The zero-order valence-electron chi connectivity index (χ0n) is 19.3. The van der Waals surface area contributed by atoms with Crippen LogP contribution in [0.5, 0.6) is 0 Å². The minimum absolute atomic E-state index is 0.309. The van der Waals surface area contributed by atoms with E-state index in [2.05, 4.69) is 56.9 Å². The lowest BCUT2D eigenvalue weighted by molar-refractivity contribution is 0.248. The van der Waals surface area contributed by atoms with Crippen LogP contribution in [0.25, 0.3) is 6.08 Å². The van der Waals surface area contributed by atoms with E-state index >= 15 is 0 Å². The number of urea groups is 1. The highest BCUT2D eigenvalue weighted by molar-refractivity contribution is 6.10. The van der Waals surface area contributed by atoms with Gasteiger partial charge in [-0.1, -0.05) is 12.1 Å². The molecule has 4 aliphatic rings. The second-order valence-corrected chi connectivity index (χ2v) is 8.87. The number of carbonyl (C=O) groups excluding carboxylic acids is 1. The van der Waals surface area contributed by atoms with Crippen LogP contribution in [-0.2, 0) is 12.8 Å². The molecule has 1 aromatic carbocycles. The molecule has 2 heterocycles. The first kappa shape index (κ1) is 22.1. The summed E-state index contributed by atoms with van der Waals surface area (Å²) in [6, 6.07) is 3.93. The van der Waals surface area contributed by atoms with Gasteiger partial charge in [-0.2, -0.15) is 0 Å². The third-order valence-corrected chi connectivity index (χ3v) is 6.32. The number of nitrogens with zero attached hydrogens (tertiary/aromatic N) is 3. The summed E-state index contributed by atoms with van der Waals surface area (Å²) in [6.07, 6.45) is 16.7. The quantitative estimate of drug-likeness (QED) is 0.662. The van der Waals surface area contributed by atoms with E-state index in [0.29, 0.717) is 24.5 Å². The molecule has 0 radical (unpaired) electrons. The Balaban J connectivity index is 1.33. The van der Waals surface area contributed by atoms with Crippen LogP contribution in [0.3, 0.4) is 0 Å². The molecular formula is C27H28FN5O. The molecule has 174 valence electrons. The number of hydrogen-bond acceptors (Lipinski definition) is 4. The summed E-state index contributed by atoms with van der Waals surface area (Å²) in [5.74, 6) is 0.293. The lowest BCUT2D eigenvalue weighted by Crippen LogP contribution is -2.40. The Morgan fingerprint density at radius 2 is 2.00 bits per heavy atom. The molecule has 0 bridgehead atoms. The van der Waals surface area contributed by atoms with Crippen molar-refractivity contribution in [2.75, 3.05) is 18.0 Å². The number of amidine groups is 1. The molecule has 2 aliphatic heterocycles. The van der Waals surface area contributed by atoms with Crippen LogP contribution in [0.1, 0.15) is 42.9 Å². The molecular weight excluding hydrogens is 429 g/mol. The predicted molar refractivity (Wildman–Crippen MR) is 136 cm³/mol. The Bertz CT molecular complexity index is 1230. The van der Waals surface area contributed by atoms with Crippen molar-refractivity contribution in [2.24, 2.45) is 9.98 Å². The summed E-state index contributed by atoms with van der Waals surface area (Å²) in [7, 11) is 0. The van der Waals surface area contributed by atoms with Gasteiger partial charge in [0.25, 0.3) is 0 Å². The van der Waals surface area contributed by atoms with E-state index in [-0.39, 0.29) is 11.9 Å². The number of aliphatic imine (C=N–C) groups is 2. The molecule has 0 atom stereocenters. The van der Waals surface area contributed by atoms with E-state index in [1.165, 1.54) is 40.1 Å². The molecule has 7 heteroatoms. The van der Waals surface area contributed by atoms with Crippen molar-refractivity contribution in [3.8, 4) is 0 Å². The van der Waals surface area contributed by atoms with Gasteiger partial charge in [-0.05, 0) is 97.2 Å². The average Bonchev–Trinajstić information content (AvgIpc) is 3.00. The summed E-state index contributed by atoms with van der Waals surface area (Å²) < 4.78 is 13.4. The number of halogens is 1. The number of fused-ring (bicyclic) bond motifs is 1. The summed E-state index contributed by atoms with van der Waals surface area (Å²) in [5.41, 5.74) is 7.92. The number of benzene rings is 1. The standard InChI is InChI=1S/C27H28FN5O/c1-18-15-29-17-33(16-18)25-12-7-19(23-10-11-24(23)25)14-20-4-3-13-30-26(20)32-27(34)31-22-6-2-5-21(28)8-9-22/h5-9,12,14,16-17H,2-4,10-11,13,15H2,1H3,(H2,30,31,32,34)/b20-14+. The molecule has 0 saturated heterocycles. The fraction of sp³-hybridized carbons (Fsp3) is 0.296. The number of anilines is 1. The van der Waals surface area contributed by atoms with Gasteiger partial charge in [-0.3, -0.25) is 15.3 Å². The van der Waals surface area contributed by atoms with Gasteiger partial charge < -0.3 is 10.2 Å². The SMILES string of the molecule is CC1=CN(c2ccc(/C=C3\CCCN=C3NC(=O)NC3=CCC=C(F)C=C3)c3c2CC3)C=NC1. The van der Waals surface area contributed by atoms with Crippen LogP contribution in [-0.4, -0.2) is 31.3 Å². The number of amides is 2. The molecule has 2 aliphatic carbocycles. The van der Waals surface area contributed by atoms with Crippen molar-refractivity contribution in [3.63, 3.8) is 0 Å². The maximum Gasteiger partial charge on any atom is 0.324 e. The molecule has 0 unspecified atom stereocenters. The molecule has 0 saturated carbocycles. The maximum absolute atomic E-state index is 13.4. The normalized spacial score (nSPS) is 20.4. The van der Waals surface area contributed by atoms with E-state index in [9.17, 15) is 9.18 Å². The highest BCUT2D eigenvalue weighted by atomic mass is 19.1. The van der Waals surface area contributed by atoms with E-state index in [1.807, 2.05) is 6.34 Å². The van der Waals surface area contributed by atoms with Gasteiger partial charge in [0.1, 0.15) is 11.7 Å². The first-order valence-corrected chi connectivity index (χ1v) is 11.7. The zero-order valence-corrected chi connectivity index (χ0v) is 19.3. The number of carbonyl (C=O) groups is 1. The van der Waals surface area contributed by atoms with Crippen LogP contribution < -0.4 is 15.5 Å². The van der Waals surface area contributed by atoms with E-state index in [1.54, 1.807) is 12.2 Å². The van der Waals surface area contributed by atoms with Crippen molar-refractivity contribution in [1.29, 1.82) is 0 Å². The fourth-order valence-electron chi connectivity index (χ4n) is 4.53. The van der Waals surface area contributed by atoms with Crippen molar-refractivity contribution in [3.05, 3.63) is 82.0 Å². The number of hydrogen-bond donors (Lipinski definition) is 2. The van der Waals surface area contributed by atoms with Gasteiger partial charge in [0, 0.05) is 24.1 Å². The van der Waals surface area contributed by atoms with Crippen molar-refractivity contribution in [1.82, 2.24) is 10.6 Å². The summed E-state index contributed by atoms with van der Waals surface area (Å²) in [5, 5.41) is 5.68. The number of allylic oxidation sites excluding steroid dienone is 5. The van der Waals surface area contributed by atoms with E-state index in [4.69, 9.17) is 0 Å². The summed E-state index contributed by atoms with van der Waals surface area (Å²) >= 11 is 0. The first-order chi connectivity index (χ1) is 16.6. The van der Waals surface area contributed by atoms with Crippen LogP contribution in [0.2, 0.25) is 0 Å². The Labute approximate surface area is 199 Å². The highest BCUT2D eigenvalue weighted by Crippen LogP contribution is 2.37. The Hall–Kier alpha value is -3.74. The monoisotopic (exact) mass is 457 g/mol. The average molecular weight is 458 g/mol. The molecule has 34 heavy (non-hydrogen) atoms. The predicted octanol–water partition coefficient (Wildman–Crippen LogP) is 5.11. The molecule has 5 rings (SSSR count). The van der Waals surface area contributed by atoms with Crippen LogP contribution in [0.15, 0.2) is 75.3 Å². The van der Waals surface area contributed by atoms with Gasteiger partial charge in [0.05, 0.1) is 12.9 Å². The third kappa shape index (κ3) is 4.78. The van der Waals surface area contributed by atoms with Crippen LogP contribution in [0, 0.1) is 0 Å². The van der Waals surface area contributed by atoms with E-state index < -0.39 is 0 Å². The molecule has 0 fully saturated rings. The lowest BCUT2D eigenvalue weighted by Gasteiger charge is -2.30. The molecule has 6 nitrogen and oxygen atoms in total. The minimum Gasteiger partial charge on any atom is -0.308 e. The van der Waals surface area contributed by atoms with E-state index in [0.717, 1.165) is 37.8 Å². The topological polar surface area (TPSA) is 69.1 Å². The summed E-state index contributed by atoms with van der Waals surface area (Å²) in [4.78, 5) is 23.7. The van der Waals surface area contributed by atoms with Crippen molar-refractivity contribution >= 4 is 30.0 Å². The van der Waals surface area contributed by atoms with Gasteiger partial charge in [-0.15, -0.1) is 0 Å². The maximum atomic E-state index is 13.4. The van der Waals surface area contributed by atoms with Gasteiger partial charge >= 0.3 is 6.03 Å². The van der Waals surface area contributed by atoms with Crippen LogP contribution >= 0.6 is 0 Å². The number of rotatable bonds is 3. The minimum atomic E-state index is -0.375. The lowest BCUT2D eigenvalue weighted by atomic mass is 9.82. The van der Waals surface area contributed by atoms with Gasteiger partial charge in [0.15, 0.2) is 0 Å². The molecule has 1 aromatic rings. The largest absolute Gasteiger partial charge is 0.324 e. The van der Waals surface area contributed by atoms with Gasteiger partial charge in [-0.25, -0.2) is 9.18 Å².